The third-order valence-electron chi connectivity index (χ3n) is 2.51. The average Bonchev–Trinajstić information content (AvgIpc) is 2.33. The van der Waals surface area contributed by atoms with Gasteiger partial charge in [0.25, 0.3) is 0 Å². The maximum atomic E-state index is 11.2. The molecule has 86 valence electrons. The molecule has 0 aliphatic carbocycles. The van der Waals surface area contributed by atoms with E-state index in [2.05, 4.69) is 0 Å². The summed E-state index contributed by atoms with van der Waals surface area (Å²) in [5.74, 6) is 0. The van der Waals surface area contributed by atoms with Crippen LogP contribution in [0, 0.1) is 17.0 Å². The lowest BCUT2D eigenvalue weighted by atomic mass is 10.2. The van der Waals surface area contributed by atoms with Gasteiger partial charge in [0.2, 0.25) is 0 Å². The van der Waals surface area contributed by atoms with Crippen molar-refractivity contribution in [3.8, 4) is 0 Å². The zero-order valence-corrected chi connectivity index (χ0v) is 9.41. The van der Waals surface area contributed by atoms with Crippen LogP contribution in [0.3, 0.4) is 0 Å². The number of nitrogens with zero attached hydrogens (tertiary/aromatic N) is 2. The molecule has 4 nitrogen and oxygen atoms in total. The van der Waals surface area contributed by atoms with Crippen LogP contribution < -0.4 is 5.01 Å². The molecule has 0 atom stereocenters. The van der Waals surface area contributed by atoms with Crippen LogP contribution in [-0.4, -0.2) is 5.03 Å². The van der Waals surface area contributed by atoms with Crippen LogP contribution >= 0.6 is 0 Å². The van der Waals surface area contributed by atoms with Crippen LogP contribution in [0.4, 0.5) is 11.4 Å². The summed E-state index contributed by atoms with van der Waals surface area (Å²) in [6, 6.07) is 16.1. The number of hydrazine groups is 1. The number of aryl methyl sites for hydroxylation is 1. The van der Waals surface area contributed by atoms with Gasteiger partial charge in [0.15, 0.2) is 5.03 Å². The van der Waals surface area contributed by atoms with Gasteiger partial charge in [-0.15, -0.1) is 0 Å². The zero-order chi connectivity index (χ0) is 12.3. The van der Waals surface area contributed by atoms with Crippen LogP contribution in [0.1, 0.15) is 5.56 Å². The molecular formula is C13H12N2O2. The summed E-state index contributed by atoms with van der Waals surface area (Å²) in [7, 11) is 0. The highest BCUT2D eigenvalue weighted by atomic mass is 16.7. The number of hydrogen-bond acceptors (Lipinski definition) is 2. The molecule has 0 spiro atoms. The van der Waals surface area contributed by atoms with E-state index in [1.165, 1.54) is 0 Å². The van der Waals surface area contributed by atoms with E-state index in [4.69, 9.17) is 0 Å². The Morgan fingerprint density at radius 1 is 1.00 bits per heavy atom. The van der Waals surface area contributed by atoms with Crippen molar-refractivity contribution in [3.63, 3.8) is 0 Å². The lowest BCUT2D eigenvalue weighted by molar-refractivity contribution is -0.483. The number of para-hydroxylation sites is 2. The molecule has 4 heteroatoms. The Bertz CT molecular complexity index is 526. The van der Waals surface area contributed by atoms with E-state index in [1.807, 2.05) is 25.1 Å². The first-order valence-corrected chi connectivity index (χ1v) is 5.25. The first kappa shape index (κ1) is 11.1. The number of benzene rings is 2. The second kappa shape index (κ2) is 4.65. The van der Waals surface area contributed by atoms with Gasteiger partial charge in [-0.05, 0) is 30.7 Å². The quantitative estimate of drug-likeness (QED) is 0.598. The fourth-order valence-corrected chi connectivity index (χ4v) is 1.69. The Morgan fingerprint density at radius 3 is 2.18 bits per heavy atom. The van der Waals surface area contributed by atoms with E-state index in [0.29, 0.717) is 11.4 Å². The molecule has 0 aromatic heterocycles. The number of hydrogen-bond donors (Lipinski definition) is 0. The van der Waals surface area contributed by atoms with Gasteiger partial charge in [-0.3, -0.25) is 0 Å². The molecule has 0 bridgehead atoms. The fourth-order valence-electron chi connectivity index (χ4n) is 1.69. The monoisotopic (exact) mass is 228 g/mol. The normalized spacial score (nSPS) is 9.94. The van der Waals surface area contributed by atoms with Gasteiger partial charge in [-0.1, -0.05) is 41.4 Å². The van der Waals surface area contributed by atoms with Crippen molar-refractivity contribution in [2.45, 2.75) is 6.92 Å². The minimum absolute atomic E-state index is 0.405. The summed E-state index contributed by atoms with van der Waals surface area (Å²) >= 11 is 0. The van der Waals surface area contributed by atoms with Crippen LogP contribution in [0.25, 0.3) is 0 Å². The van der Waals surface area contributed by atoms with E-state index in [0.717, 1.165) is 10.6 Å². The number of anilines is 2. The standard InChI is InChI=1S/C13H12N2O2/c1-11-7-5-6-10-13(11)14(15(16)17)12-8-3-2-4-9-12/h2-10H,1H3. The third-order valence-corrected chi connectivity index (χ3v) is 2.51. The molecule has 2 rings (SSSR count). The molecule has 0 saturated heterocycles. The Kier molecular flexibility index (Phi) is 3.05. The summed E-state index contributed by atoms with van der Waals surface area (Å²) in [6.07, 6.45) is 0. The lowest BCUT2D eigenvalue weighted by Gasteiger charge is -2.15. The SMILES string of the molecule is Cc1ccccc1N(c1ccccc1)[N+](=O)[O-]. The lowest BCUT2D eigenvalue weighted by Crippen LogP contribution is -2.24. The van der Waals surface area contributed by atoms with E-state index >= 15 is 0 Å². The van der Waals surface area contributed by atoms with Gasteiger partial charge in [0, 0.05) is 0 Å². The van der Waals surface area contributed by atoms with E-state index < -0.39 is 5.03 Å². The van der Waals surface area contributed by atoms with E-state index in [-0.39, 0.29) is 0 Å². The molecule has 0 fully saturated rings. The summed E-state index contributed by atoms with van der Waals surface area (Å²) < 4.78 is 0. The van der Waals surface area contributed by atoms with Crippen molar-refractivity contribution in [1.29, 1.82) is 0 Å². The van der Waals surface area contributed by atoms with Crippen molar-refractivity contribution in [2.24, 2.45) is 0 Å². The molecule has 0 unspecified atom stereocenters. The average molecular weight is 228 g/mol. The summed E-state index contributed by atoms with van der Waals surface area (Å²) in [4.78, 5) is 11.2. The maximum Gasteiger partial charge on any atom is 0.170 e. The fraction of sp³-hybridized carbons (Fsp3) is 0.0769. The van der Waals surface area contributed by atoms with Crippen LogP contribution in [0.15, 0.2) is 54.6 Å². The number of nitro groups is 1. The molecule has 0 heterocycles. The highest BCUT2D eigenvalue weighted by Gasteiger charge is 2.20. The van der Waals surface area contributed by atoms with Crippen molar-refractivity contribution in [1.82, 2.24) is 0 Å². The van der Waals surface area contributed by atoms with E-state index in [1.54, 1.807) is 36.4 Å². The summed E-state index contributed by atoms with van der Waals surface area (Å²) in [6.45, 7) is 1.86. The Morgan fingerprint density at radius 2 is 1.59 bits per heavy atom. The number of rotatable bonds is 3. The van der Waals surface area contributed by atoms with Crippen molar-refractivity contribution in [3.05, 3.63) is 70.3 Å². The maximum absolute atomic E-state index is 11.2. The van der Waals surface area contributed by atoms with Crippen LogP contribution in [0.2, 0.25) is 0 Å². The predicted molar refractivity (Wildman–Crippen MR) is 66.8 cm³/mol. The molecule has 0 saturated carbocycles. The Hall–Kier alpha value is -2.36. The Labute approximate surface area is 99.2 Å². The van der Waals surface area contributed by atoms with Gasteiger partial charge >= 0.3 is 0 Å². The van der Waals surface area contributed by atoms with Crippen LogP contribution in [0.5, 0.6) is 0 Å². The third kappa shape index (κ3) is 2.25. The zero-order valence-electron chi connectivity index (χ0n) is 9.41. The second-order valence-corrected chi connectivity index (χ2v) is 3.67. The van der Waals surface area contributed by atoms with Gasteiger partial charge < -0.3 is 0 Å². The minimum atomic E-state index is -0.405. The highest BCUT2D eigenvalue weighted by molar-refractivity contribution is 5.63. The largest absolute Gasteiger partial charge is 0.234 e. The van der Waals surface area contributed by atoms with Gasteiger partial charge in [0.1, 0.15) is 11.4 Å². The Balaban J connectivity index is 2.51. The molecule has 0 N–H and O–H groups in total. The molecule has 0 aliphatic rings. The van der Waals surface area contributed by atoms with Crippen LogP contribution in [-0.2, 0) is 0 Å². The summed E-state index contributed by atoms with van der Waals surface area (Å²) in [5.41, 5.74) is 2.00. The summed E-state index contributed by atoms with van der Waals surface area (Å²) in [5, 5.41) is 11.9. The predicted octanol–water partition coefficient (Wildman–Crippen LogP) is 3.32. The minimum Gasteiger partial charge on any atom is -0.234 e. The van der Waals surface area contributed by atoms with Crippen molar-refractivity contribution >= 4 is 11.4 Å². The van der Waals surface area contributed by atoms with Gasteiger partial charge in [-0.25, -0.2) is 10.1 Å². The molecule has 2 aromatic rings. The highest BCUT2D eigenvalue weighted by Crippen LogP contribution is 2.27. The van der Waals surface area contributed by atoms with Crippen molar-refractivity contribution in [2.75, 3.05) is 5.01 Å². The van der Waals surface area contributed by atoms with Gasteiger partial charge in [0.05, 0.1) is 0 Å². The molecule has 0 aliphatic heterocycles. The first-order chi connectivity index (χ1) is 8.20. The van der Waals surface area contributed by atoms with Crippen molar-refractivity contribution < 1.29 is 5.03 Å². The smallest absolute Gasteiger partial charge is 0.170 e. The topological polar surface area (TPSA) is 46.4 Å². The van der Waals surface area contributed by atoms with E-state index in [9.17, 15) is 10.1 Å². The van der Waals surface area contributed by atoms with Gasteiger partial charge in [-0.2, -0.15) is 0 Å². The first-order valence-electron chi connectivity index (χ1n) is 5.25. The second-order valence-electron chi connectivity index (χ2n) is 3.67. The molecule has 0 radical (unpaired) electrons. The molecular weight excluding hydrogens is 216 g/mol. The molecule has 0 amide bonds. The molecule has 2 aromatic carbocycles. The molecule has 17 heavy (non-hydrogen) atoms.